The van der Waals surface area contributed by atoms with E-state index in [1.165, 1.54) is 5.56 Å². The number of methoxy groups -OCH3 is 1. The zero-order chi connectivity index (χ0) is 14.8. The number of ether oxygens (including phenoxy) is 1. The van der Waals surface area contributed by atoms with Gasteiger partial charge in [-0.3, -0.25) is 0 Å². The molecule has 0 radical (unpaired) electrons. The van der Waals surface area contributed by atoms with Crippen molar-refractivity contribution in [2.24, 2.45) is 0 Å². The van der Waals surface area contributed by atoms with E-state index in [9.17, 15) is 9.90 Å². The van der Waals surface area contributed by atoms with Crippen molar-refractivity contribution >= 4 is 11.5 Å². The van der Waals surface area contributed by atoms with Gasteiger partial charge in [0, 0.05) is 16.7 Å². The summed E-state index contributed by atoms with van der Waals surface area (Å²) in [6, 6.07) is 15.5. The number of rotatable bonds is 3. The zero-order valence-corrected chi connectivity index (χ0v) is 11.8. The molecular formula is C18H16O3. The molecule has 0 aliphatic heterocycles. The summed E-state index contributed by atoms with van der Waals surface area (Å²) < 4.78 is 5.41. The highest BCUT2D eigenvalue weighted by molar-refractivity contribution is 6.03. The van der Waals surface area contributed by atoms with Crippen LogP contribution in [0.5, 0.6) is 5.75 Å². The fraction of sp³-hybridized carbons (Fsp3) is 0.167. The van der Waals surface area contributed by atoms with Crippen LogP contribution in [0.2, 0.25) is 0 Å². The summed E-state index contributed by atoms with van der Waals surface area (Å²) in [5, 5.41) is 9.56. The van der Waals surface area contributed by atoms with Gasteiger partial charge >= 0.3 is 5.97 Å². The molecule has 3 heteroatoms. The number of carboxylic acids is 1. The summed E-state index contributed by atoms with van der Waals surface area (Å²) in [6.45, 7) is 0. The summed E-state index contributed by atoms with van der Waals surface area (Å²) in [7, 11) is 1.61. The third-order valence-corrected chi connectivity index (χ3v) is 3.87. The van der Waals surface area contributed by atoms with Gasteiger partial charge in [0.05, 0.1) is 7.11 Å². The first-order chi connectivity index (χ1) is 10.2. The summed E-state index contributed by atoms with van der Waals surface area (Å²) in [5.41, 5.74) is 4.25. The van der Waals surface area contributed by atoms with Crippen molar-refractivity contribution in [3.63, 3.8) is 0 Å². The number of para-hydroxylation sites is 1. The first kappa shape index (κ1) is 13.4. The molecule has 1 aliphatic rings. The summed E-state index contributed by atoms with van der Waals surface area (Å²) in [6.07, 6.45) is 1.30. The lowest BCUT2D eigenvalue weighted by Gasteiger charge is -2.23. The average Bonchev–Trinajstić information content (AvgIpc) is 2.53. The Balaban J connectivity index is 2.30. The normalized spacial score (nSPS) is 13.8. The van der Waals surface area contributed by atoms with Gasteiger partial charge in [-0.05, 0) is 30.0 Å². The Morgan fingerprint density at radius 3 is 2.38 bits per heavy atom. The van der Waals surface area contributed by atoms with Gasteiger partial charge in [0.15, 0.2) is 0 Å². The molecule has 3 rings (SSSR count). The quantitative estimate of drug-likeness (QED) is 0.935. The third-order valence-electron chi connectivity index (χ3n) is 3.87. The van der Waals surface area contributed by atoms with Crippen LogP contribution in [0.25, 0.3) is 5.57 Å². The Bertz CT molecular complexity index is 729. The van der Waals surface area contributed by atoms with E-state index in [1.54, 1.807) is 7.11 Å². The minimum atomic E-state index is -0.856. The molecule has 0 heterocycles. The standard InChI is InChI=1S/C18H16O3/c1-21-16-9-5-4-8-14(16)17-13-7-3-2-6-12(13)10-11-15(17)18(19)20/h2-9H,10-11H2,1H3,(H,19,20). The van der Waals surface area contributed by atoms with Gasteiger partial charge in [-0.25, -0.2) is 4.79 Å². The van der Waals surface area contributed by atoms with E-state index in [-0.39, 0.29) is 0 Å². The van der Waals surface area contributed by atoms with E-state index in [2.05, 4.69) is 6.07 Å². The summed E-state index contributed by atoms with van der Waals surface area (Å²) in [5.74, 6) is -0.159. The number of hydrogen-bond donors (Lipinski definition) is 1. The molecule has 0 amide bonds. The number of carboxylic acid groups (broad SMARTS) is 1. The minimum Gasteiger partial charge on any atom is -0.496 e. The lowest BCUT2D eigenvalue weighted by molar-refractivity contribution is -0.132. The van der Waals surface area contributed by atoms with Crippen molar-refractivity contribution in [2.45, 2.75) is 12.8 Å². The van der Waals surface area contributed by atoms with Crippen molar-refractivity contribution in [2.75, 3.05) is 7.11 Å². The molecule has 2 aromatic rings. The molecule has 1 aliphatic carbocycles. The average molecular weight is 280 g/mol. The van der Waals surface area contributed by atoms with Gasteiger partial charge in [-0.1, -0.05) is 42.5 Å². The molecule has 2 aromatic carbocycles. The predicted octanol–water partition coefficient (Wildman–Crippen LogP) is 3.53. The van der Waals surface area contributed by atoms with Gasteiger partial charge < -0.3 is 9.84 Å². The van der Waals surface area contributed by atoms with Crippen LogP contribution in [-0.2, 0) is 11.2 Å². The van der Waals surface area contributed by atoms with Crippen LogP contribution in [-0.4, -0.2) is 18.2 Å². The van der Waals surface area contributed by atoms with E-state index >= 15 is 0 Å². The van der Waals surface area contributed by atoms with Crippen molar-refractivity contribution in [3.05, 3.63) is 70.8 Å². The molecule has 0 saturated carbocycles. The van der Waals surface area contributed by atoms with Crippen LogP contribution < -0.4 is 4.74 Å². The largest absolute Gasteiger partial charge is 0.496 e. The van der Waals surface area contributed by atoms with E-state index in [0.29, 0.717) is 17.7 Å². The van der Waals surface area contributed by atoms with E-state index in [1.807, 2.05) is 42.5 Å². The van der Waals surface area contributed by atoms with E-state index < -0.39 is 5.97 Å². The van der Waals surface area contributed by atoms with Crippen molar-refractivity contribution in [1.82, 2.24) is 0 Å². The van der Waals surface area contributed by atoms with Crippen molar-refractivity contribution < 1.29 is 14.6 Å². The molecule has 0 unspecified atom stereocenters. The Morgan fingerprint density at radius 2 is 1.67 bits per heavy atom. The molecule has 0 bridgehead atoms. The number of hydrogen-bond acceptors (Lipinski definition) is 2. The van der Waals surface area contributed by atoms with Gasteiger partial charge in [0.2, 0.25) is 0 Å². The second kappa shape index (κ2) is 5.44. The maximum Gasteiger partial charge on any atom is 0.332 e. The van der Waals surface area contributed by atoms with Crippen LogP contribution >= 0.6 is 0 Å². The third kappa shape index (κ3) is 2.31. The Morgan fingerprint density at radius 1 is 1.00 bits per heavy atom. The predicted molar refractivity (Wildman–Crippen MR) is 81.4 cm³/mol. The SMILES string of the molecule is COc1ccccc1C1=C(C(=O)O)CCc2ccccc21. The van der Waals surface area contributed by atoms with Crippen LogP contribution in [0.15, 0.2) is 54.1 Å². The Hall–Kier alpha value is -2.55. The Labute approximate surface area is 123 Å². The summed E-state index contributed by atoms with van der Waals surface area (Å²) in [4.78, 5) is 11.6. The first-order valence-electron chi connectivity index (χ1n) is 6.90. The van der Waals surface area contributed by atoms with Crippen molar-refractivity contribution in [1.29, 1.82) is 0 Å². The zero-order valence-electron chi connectivity index (χ0n) is 11.8. The summed E-state index contributed by atoms with van der Waals surface area (Å²) >= 11 is 0. The van der Waals surface area contributed by atoms with Gasteiger partial charge in [-0.2, -0.15) is 0 Å². The highest BCUT2D eigenvalue weighted by Crippen LogP contribution is 2.39. The number of aryl methyl sites for hydroxylation is 1. The Kier molecular flexibility index (Phi) is 3.48. The van der Waals surface area contributed by atoms with Crippen LogP contribution in [0.1, 0.15) is 23.1 Å². The van der Waals surface area contributed by atoms with Crippen molar-refractivity contribution in [3.8, 4) is 5.75 Å². The topological polar surface area (TPSA) is 46.5 Å². The van der Waals surface area contributed by atoms with Gasteiger partial charge in [0.1, 0.15) is 5.75 Å². The highest BCUT2D eigenvalue weighted by atomic mass is 16.5. The minimum absolute atomic E-state index is 0.457. The lowest BCUT2D eigenvalue weighted by atomic mass is 9.82. The smallest absolute Gasteiger partial charge is 0.332 e. The number of aliphatic carboxylic acids is 1. The van der Waals surface area contributed by atoms with E-state index in [0.717, 1.165) is 23.1 Å². The molecule has 106 valence electrons. The number of fused-ring (bicyclic) bond motifs is 1. The fourth-order valence-corrected chi connectivity index (χ4v) is 2.90. The van der Waals surface area contributed by atoms with Crippen LogP contribution in [0.3, 0.4) is 0 Å². The van der Waals surface area contributed by atoms with E-state index in [4.69, 9.17) is 4.74 Å². The van der Waals surface area contributed by atoms with Crippen LogP contribution in [0, 0.1) is 0 Å². The second-order valence-corrected chi connectivity index (χ2v) is 5.02. The lowest BCUT2D eigenvalue weighted by Crippen LogP contribution is -2.13. The highest BCUT2D eigenvalue weighted by Gasteiger charge is 2.25. The molecule has 0 spiro atoms. The molecule has 0 saturated heterocycles. The number of carbonyl (C=O) groups is 1. The fourth-order valence-electron chi connectivity index (χ4n) is 2.90. The molecule has 21 heavy (non-hydrogen) atoms. The maximum absolute atomic E-state index is 11.6. The number of benzene rings is 2. The monoisotopic (exact) mass is 280 g/mol. The maximum atomic E-state index is 11.6. The molecule has 0 fully saturated rings. The van der Waals surface area contributed by atoms with Crippen LogP contribution in [0.4, 0.5) is 0 Å². The molecular weight excluding hydrogens is 264 g/mol. The first-order valence-corrected chi connectivity index (χ1v) is 6.90. The molecule has 0 aromatic heterocycles. The second-order valence-electron chi connectivity index (χ2n) is 5.02. The van der Waals surface area contributed by atoms with Gasteiger partial charge in [0.25, 0.3) is 0 Å². The molecule has 3 nitrogen and oxygen atoms in total. The van der Waals surface area contributed by atoms with Gasteiger partial charge in [-0.15, -0.1) is 0 Å². The molecule has 0 atom stereocenters. The molecule has 1 N–H and O–H groups in total.